The van der Waals surface area contributed by atoms with E-state index in [2.05, 4.69) is 27.8 Å². The van der Waals surface area contributed by atoms with Crippen molar-refractivity contribution in [3.05, 3.63) is 101 Å². The van der Waals surface area contributed by atoms with Crippen molar-refractivity contribution in [3.8, 4) is 11.5 Å². The lowest BCUT2D eigenvalue weighted by Crippen LogP contribution is -2.12. The number of amides is 1. The van der Waals surface area contributed by atoms with Crippen LogP contribution in [0.4, 0.5) is 5.69 Å². The topological polar surface area (TPSA) is 47.6 Å². The van der Waals surface area contributed by atoms with Gasteiger partial charge in [0, 0.05) is 17.3 Å². The molecule has 1 N–H and O–H groups in total. The van der Waals surface area contributed by atoms with Crippen LogP contribution >= 0.6 is 15.9 Å². The summed E-state index contributed by atoms with van der Waals surface area (Å²) in [4.78, 5) is 12.6. The molecule has 0 unspecified atom stereocenters. The Balaban J connectivity index is 1.64. The maximum absolute atomic E-state index is 12.6. The maximum atomic E-state index is 12.6. The van der Waals surface area contributed by atoms with Gasteiger partial charge in [-0.1, -0.05) is 49.1 Å². The molecule has 5 heteroatoms. The second-order valence-corrected chi connectivity index (χ2v) is 6.86. The lowest BCUT2D eigenvalue weighted by atomic mass is 10.2. The number of benzene rings is 3. The van der Waals surface area contributed by atoms with Crippen molar-refractivity contribution in [2.24, 2.45) is 0 Å². The zero-order valence-electron chi connectivity index (χ0n) is 15.2. The van der Waals surface area contributed by atoms with Crippen LogP contribution in [0.2, 0.25) is 0 Å². The molecule has 0 heterocycles. The first-order valence-corrected chi connectivity index (χ1v) is 9.56. The van der Waals surface area contributed by atoms with Crippen molar-refractivity contribution < 1.29 is 14.3 Å². The second kappa shape index (κ2) is 9.76. The summed E-state index contributed by atoms with van der Waals surface area (Å²) in [5.74, 6) is 1.14. The van der Waals surface area contributed by atoms with E-state index in [4.69, 9.17) is 9.47 Å². The van der Waals surface area contributed by atoms with Crippen molar-refractivity contribution in [2.75, 3.05) is 11.9 Å². The smallest absolute Gasteiger partial charge is 0.255 e. The summed E-state index contributed by atoms with van der Waals surface area (Å²) in [6, 6.07) is 22.5. The third-order valence-electron chi connectivity index (χ3n) is 3.89. The lowest BCUT2D eigenvalue weighted by Gasteiger charge is -2.11. The largest absolute Gasteiger partial charge is 0.489 e. The second-order valence-electron chi connectivity index (χ2n) is 6.00. The molecular weight excluding hydrogens is 418 g/mol. The molecule has 0 bridgehead atoms. The highest BCUT2D eigenvalue weighted by Crippen LogP contribution is 2.27. The number of halogens is 1. The summed E-state index contributed by atoms with van der Waals surface area (Å²) in [6.45, 7) is 4.49. The normalized spacial score (nSPS) is 10.2. The van der Waals surface area contributed by atoms with Crippen LogP contribution in [-0.4, -0.2) is 12.5 Å². The summed E-state index contributed by atoms with van der Waals surface area (Å²) >= 11 is 3.43. The average Bonchev–Trinajstić information content (AvgIpc) is 2.72. The van der Waals surface area contributed by atoms with E-state index in [1.807, 2.05) is 48.5 Å². The molecule has 1 amide bonds. The van der Waals surface area contributed by atoms with Gasteiger partial charge in [0.05, 0.1) is 4.47 Å². The van der Waals surface area contributed by atoms with Gasteiger partial charge in [-0.25, -0.2) is 0 Å². The van der Waals surface area contributed by atoms with E-state index in [0.29, 0.717) is 40.4 Å². The number of hydrogen-bond acceptors (Lipinski definition) is 3. The van der Waals surface area contributed by atoms with Crippen molar-refractivity contribution in [3.63, 3.8) is 0 Å². The average molecular weight is 438 g/mol. The Bertz CT molecular complexity index is 957. The van der Waals surface area contributed by atoms with Gasteiger partial charge in [-0.2, -0.15) is 0 Å². The first-order chi connectivity index (χ1) is 13.7. The molecule has 0 spiro atoms. The molecule has 3 aromatic carbocycles. The summed E-state index contributed by atoms with van der Waals surface area (Å²) in [6.07, 6.45) is 1.67. The molecule has 0 saturated carbocycles. The van der Waals surface area contributed by atoms with Gasteiger partial charge in [0.25, 0.3) is 5.91 Å². The van der Waals surface area contributed by atoms with Gasteiger partial charge in [-0.3, -0.25) is 4.79 Å². The Hall–Kier alpha value is -3.05. The Morgan fingerprint density at radius 1 is 1.00 bits per heavy atom. The molecule has 0 fully saturated rings. The Morgan fingerprint density at radius 2 is 1.82 bits per heavy atom. The molecular formula is C23H20BrNO3. The van der Waals surface area contributed by atoms with Crippen LogP contribution in [0.3, 0.4) is 0 Å². The highest BCUT2D eigenvalue weighted by molar-refractivity contribution is 9.10. The molecule has 4 nitrogen and oxygen atoms in total. The fourth-order valence-corrected chi connectivity index (χ4v) is 3.01. The van der Waals surface area contributed by atoms with Crippen LogP contribution in [0.5, 0.6) is 11.5 Å². The van der Waals surface area contributed by atoms with E-state index in [1.165, 1.54) is 0 Å². The Labute approximate surface area is 172 Å². The summed E-state index contributed by atoms with van der Waals surface area (Å²) in [5.41, 5.74) is 2.27. The molecule has 0 aliphatic carbocycles. The number of carbonyl (C=O) groups is 1. The molecule has 28 heavy (non-hydrogen) atoms. The van der Waals surface area contributed by atoms with Crippen LogP contribution in [-0.2, 0) is 6.61 Å². The molecule has 0 saturated heterocycles. The van der Waals surface area contributed by atoms with Gasteiger partial charge in [0.2, 0.25) is 0 Å². The van der Waals surface area contributed by atoms with Crippen LogP contribution in [0.25, 0.3) is 0 Å². The van der Waals surface area contributed by atoms with Crippen molar-refractivity contribution in [1.82, 2.24) is 0 Å². The van der Waals surface area contributed by atoms with E-state index in [0.717, 1.165) is 5.56 Å². The first-order valence-electron chi connectivity index (χ1n) is 8.77. The standard InChI is InChI=1S/C23H20BrNO3/c1-2-13-27-22-12-11-18(14-21(22)24)23(26)25-19-9-6-10-20(15-19)28-16-17-7-4-3-5-8-17/h2-12,14-15H,1,13,16H2,(H,25,26). The van der Waals surface area contributed by atoms with E-state index in [1.54, 1.807) is 30.3 Å². The molecule has 0 aliphatic rings. The van der Waals surface area contributed by atoms with Gasteiger partial charge in [-0.15, -0.1) is 0 Å². The minimum absolute atomic E-state index is 0.212. The summed E-state index contributed by atoms with van der Waals surface area (Å²) in [5, 5.41) is 2.89. The van der Waals surface area contributed by atoms with Crippen molar-refractivity contribution in [2.45, 2.75) is 6.61 Å². The number of carbonyl (C=O) groups excluding carboxylic acids is 1. The molecule has 0 aromatic heterocycles. The first kappa shape index (κ1) is 19.7. The summed E-state index contributed by atoms with van der Waals surface area (Å²) in [7, 11) is 0. The predicted octanol–water partition coefficient (Wildman–Crippen LogP) is 5.85. The molecule has 0 radical (unpaired) electrons. The molecule has 142 valence electrons. The van der Waals surface area contributed by atoms with E-state index in [9.17, 15) is 4.79 Å². The lowest BCUT2D eigenvalue weighted by molar-refractivity contribution is 0.102. The number of hydrogen-bond donors (Lipinski definition) is 1. The summed E-state index contributed by atoms with van der Waals surface area (Å²) < 4.78 is 12.0. The molecule has 3 rings (SSSR count). The molecule has 3 aromatic rings. The van der Waals surface area contributed by atoms with E-state index >= 15 is 0 Å². The van der Waals surface area contributed by atoms with Crippen molar-refractivity contribution in [1.29, 1.82) is 0 Å². The van der Waals surface area contributed by atoms with E-state index in [-0.39, 0.29) is 5.91 Å². The van der Waals surface area contributed by atoms with Gasteiger partial charge in [0.1, 0.15) is 24.7 Å². The van der Waals surface area contributed by atoms with Gasteiger partial charge in [0.15, 0.2) is 0 Å². The maximum Gasteiger partial charge on any atom is 0.255 e. The fraction of sp³-hybridized carbons (Fsp3) is 0.0870. The highest BCUT2D eigenvalue weighted by atomic mass is 79.9. The highest BCUT2D eigenvalue weighted by Gasteiger charge is 2.10. The quantitative estimate of drug-likeness (QED) is 0.449. The number of anilines is 1. The van der Waals surface area contributed by atoms with Gasteiger partial charge >= 0.3 is 0 Å². The fourth-order valence-electron chi connectivity index (χ4n) is 2.52. The molecule has 0 aliphatic heterocycles. The third kappa shape index (κ3) is 5.47. The number of nitrogens with one attached hydrogen (secondary N) is 1. The number of ether oxygens (including phenoxy) is 2. The van der Waals surface area contributed by atoms with Crippen molar-refractivity contribution >= 4 is 27.5 Å². The van der Waals surface area contributed by atoms with Gasteiger partial charge in [-0.05, 0) is 51.8 Å². The SMILES string of the molecule is C=CCOc1ccc(C(=O)Nc2cccc(OCc3ccccc3)c2)cc1Br. The third-order valence-corrected chi connectivity index (χ3v) is 4.51. The van der Waals surface area contributed by atoms with Crippen LogP contribution in [0.15, 0.2) is 89.9 Å². The monoisotopic (exact) mass is 437 g/mol. The molecule has 0 atom stereocenters. The number of rotatable bonds is 8. The van der Waals surface area contributed by atoms with Gasteiger partial charge < -0.3 is 14.8 Å². The minimum Gasteiger partial charge on any atom is -0.489 e. The zero-order valence-corrected chi connectivity index (χ0v) is 16.8. The Morgan fingerprint density at radius 3 is 2.57 bits per heavy atom. The van der Waals surface area contributed by atoms with E-state index < -0.39 is 0 Å². The zero-order chi connectivity index (χ0) is 19.8. The van der Waals surface area contributed by atoms with Crippen LogP contribution in [0, 0.1) is 0 Å². The Kier molecular flexibility index (Phi) is 6.87. The predicted molar refractivity (Wildman–Crippen MR) is 115 cm³/mol. The van der Waals surface area contributed by atoms with Crippen LogP contribution < -0.4 is 14.8 Å². The van der Waals surface area contributed by atoms with Crippen LogP contribution in [0.1, 0.15) is 15.9 Å². The minimum atomic E-state index is -0.212.